The van der Waals surface area contributed by atoms with Crippen molar-refractivity contribution in [2.75, 3.05) is 29.0 Å². The van der Waals surface area contributed by atoms with E-state index in [1.54, 1.807) is 12.1 Å². The molecule has 2 rings (SSSR count). The van der Waals surface area contributed by atoms with Crippen molar-refractivity contribution < 1.29 is 0 Å². The molecule has 21 heavy (non-hydrogen) atoms. The van der Waals surface area contributed by atoms with E-state index in [1.807, 2.05) is 24.8 Å². The highest BCUT2D eigenvalue weighted by molar-refractivity contribution is 9.10. The summed E-state index contributed by atoms with van der Waals surface area (Å²) in [7, 11) is 0. The van der Waals surface area contributed by atoms with E-state index in [1.165, 1.54) is 0 Å². The maximum absolute atomic E-state index is 5.99. The van der Waals surface area contributed by atoms with Gasteiger partial charge in [0.05, 0.1) is 5.69 Å². The molecule has 112 valence electrons. The Morgan fingerprint density at radius 3 is 2.62 bits per heavy atom. The predicted octanol–water partition coefficient (Wildman–Crippen LogP) is 3.46. The van der Waals surface area contributed by atoms with Crippen molar-refractivity contribution in [1.82, 2.24) is 15.0 Å². The van der Waals surface area contributed by atoms with Crippen LogP contribution in [0.2, 0.25) is 5.02 Å². The molecule has 0 saturated carbocycles. The summed E-state index contributed by atoms with van der Waals surface area (Å²) < 4.78 is 0.857. The second-order valence-electron chi connectivity index (χ2n) is 4.24. The first-order chi connectivity index (χ1) is 10.0. The summed E-state index contributed by atoms with van der Waals surface area (Å²) in [5.41, 5.74) is 6.52. The quantitative estimate of drug-likeness (QED) is 0.838. The smallest absolute Gasteiger partial charge is 0.233 e. The zero-order valence-corrected chi connectivity index (χ0v) is 14.1. The molecule has 0 saturated heterocycles. The number of nitrogens with zero attached hydrogens (tertiary/aromatic N) is 4. The van der Waals surface area contributed by atoms with Gasteiger partial charge < -0.3 is 16.0 Å². The minimum atomic E-state index is 0.174. The summed E-state index contributed by atoms with van der Waals surface area (Å²) in [6, 6.07) is 5.42. The minimum Gasteiger partial charge on any atom is -0.368 e. The van der Waals surface area contributed by atoms with Crippen LogP contribution in [-0.4, -0.2) is 28.0 Å². The van der Waals surface area contributed by atoms with Crippen LogP contribution in [0.5, 0.6) is 0 Å². The van der Waals surface area contributed by atoms with Crippen LogP contribution in [0, 0.1) is 0 Å². The molecule has 0 bridgehead atoms. The van der Waals surface area contributed by atoms with Gasteiger partial charge in [-0.15, -0.1) is 0 Å². The summed E-state index contributed by atoms with van der Waals surface area (Å²) in [6.07, 6.45) is 0. The standard InChI is InChI=1S/C13H16BrClN6/c1-3-21(4-2)13-19-11(16)18-12(20-13)17-10-7-8(15)5-6-9(10)14/h5-7H,3-4H2,1-2H3,(H3,16,17,18,19,20). The number of benzene rings is 1. The Morgan fingerprint density at radius 2 is 1.95 bits per heavy atom. The summed E-state index contributed by atoms with van der Waals surface area (Å²) in [6.45, 7) is 5.65. The molecule has 3 N–H and O–H groups in total. The normalized spacial score (nSPS) is 10.5. The molecule has 2 aromatic rings. The number of halogens is 2. The number of aromatic nitrogens is 3. The van der Waals surface area contributed by atoms with Crippen LogP contribution in [0.4, 0.5) is 23.5 Å². The monoisotopic (exact) mass is 370 g/mol. The SMILES string of the molecule is CCN(CC)c1nc(N)nc(Nc2cc(Cl)ccc2Br)n1. The number of nitrogens with one attached hydrogen (secondary N) is 1. The molecule has 0 aliphatic heterocycles. The Labute approximate surface area is 136 Å². The Balaban J connectivity index is 2.34. The first-order valence-electron chi connectivity index (χ1n) is 6.52. The Kier molecular flexibility index (Phi) is 5.19. The van der Waals surface area contributed by atoms with Gasteiger partial charge in [0.15, 0.2) is 0 Å². The highest BCUT2D eigenvalue weighted by atomic mass is 79.9. The van der Waals surface area contributed by atoms with Gasteiger partial charge >= 0.3 is 0 Å². The average molecular weight is 372 g/mol. The van der Waals surface area contributed by atoms with E-state index >= 15 is 0 Å². The highest BCUT2D eigenvalue weighted by Crippen LogP contribution is 2.28. The molecule has 1 heterocycles. The molecule has 0 spiro atoms. The highest BCUT2D eigenvalue weighted by Gasteiger charge is 2.11. The van der Waals surface area contributed by atoms with E-state index in [0.717, 1.165) is 23.2 Å². The Hall–Kier alpha value is -1.60. The van der Waals surface area contributed by atoms with E-state index < -0.39 is 0 Å². The molecule has 0 atom stereocenters. The van der Waals surface area contributed by atoms with E-state index in [9.17, 15) is 0 Å². The molecule has 8 heteroatoms. The minimum absolute atomic E-state index is 0.174. The molecule has 0 amide bonds. The van der Waals surface area contributed by atoms with E-state index in [2.05, 4.69) is 36.2 Å². The second kappa shape index (κ2) is 6.91. The van der Waals surface area contributed by atoms with Gasteiger partial charge in [-0.3, -0.25) is 0 Å². The molecule has 6 nitrogen and oxygen atoms in total. The van der Waals surface area contributed by atoms with Crippen LogP contribution in [0.1, 0.15) is 13.8 Å². The topological polar surface area (TPSA) is 80.0 Å². The van der Waals surface area contributed by atoms with Crippen LogP contribution in [0.25, 0.3) is 0 Å². The largest absolute Gasteiger partial charge is 0.368 e. The van der Waals surface area contributed by atoms with Crippen molar-refractivity contribution in [3.05, 3.63) is 27.7 Å². The zero-order chi connectivity index (χ0) is 15.4. The summed E-state index contributed by atoms with van der Waals surface area (Å²) in [4.78, 5) is 14.7. The predicted molar refractivity (Wildman–Crippen MR) is 90.2 cm³/mol. The van der Waals surface area contributed by atoms with Crippen molar-refractivity contribution >= 4 is 51.1 Å². The lowest BCUT2D eigenvalue weighted by atomic mass is 10.3. The third-order valence-electron chi connectivity index (χ3n) is 2.86. The van der Waals surface area contributed by atoms with Gasteiger partial charge in [0.2, 0.25) is 17.8 Å². The van der Waals surface area contributed by atoms with E-state index in [0.29, 0.717) is 16.9 Å². The van der Waals surface area contributed by atoms with Crippen LogP contribution < -0.4 is 16.0 Å². The first kappa shape index (κ1) is 15.8. The lowest BCUT2D eigenvalue weighted by Crippen LogP contribution is -2.25. The van der Waals surface area contributed by atoms with Crippen molar-refractivity contribution in [3.63, 3.8) is 0 Å². The molecule has 0 aliphatic rings. The van der Waals surface area contributed by atoms with Gasteiger partial charge in [-0.2, -0.15) is 15.0 Å². The number of hydrogen-bond donors (Lipinski definition) is 2. The maximum Gasteiger partial charge on any atom is 0.233 e. The van der Waals surface area contributed by atoms with Crippen LogP contribution in [0.3, 0.4) is 0 Å². The van der Waals surface area contributed by atoms with Crippen molar-refractivity contribution in [2.45, 2.75) is 13.8 Å². The maximum atomic E-state index is 5.99. The molecular formula is C13H16BrClN6. The van der Waals surface area contributed by atoms with Gasteiger partial charge in [0.25, 0.3) is 0 Å². The molecule has 1 aromatic carbocycles. The Bertz CT molecular complexity index is 632. The van der Waals surface area contributed by atoms with Gasteiger partial charge in [-0.1, -0.05) is 11.6 Å². The van der Waals surface area contributed by atoms with Gasteiger partial charge in [-0.25, -0.2) is 0 Å². The van der Waals surface area contributed by atoms with Gasteiger partial charge in [0.1, 0.15) is 0 Å². The third kappa shape index (κ3) is 3.95. The van der Waals surface area contributed by atoms with Gasteiger partial charge in [-0.05, 0) is 48.0 Å². The number of anilines is 4. The van der Waals surface area contributed by atoms with Crippen LogP contribution in [-0.2, 0) is 0 Å². The summed E-state index contributed by atoms with van der Waals surface area (Å²) in [5.74, 6) is 1.10. The van der Waals surface area contributed by atoms with Crippen molar-refractivity contribution in [2.24, 2.45) is 0 Å². The average Bonchev–Trinajstić information content (AvgIpc) is 2.44. The number of nitrogens with two attached hydrogens (primary N) is 1. The molecular weight excluding hydrogens is 356 g/mol. The Morgan fingerprint density at radius 1 is 1.24 bits per heavy atom. The number of hydrogen-bond acceptors (Lipinski definition) is 6. The lowest BCUT2D eigenvalue weighted by molar-refractivity contribution is 0.816. The fourth-order valence-electron chi connectivity index (χ4n) is 1.80. The lowest BCUT2D eigenvalue weighted by Gasteiger charge is -2.19. The number of nitrogen functional groups attached to an aromatic ring is 1. The molecule has 0 radical (unpaired) electrons. The fourth-order valence-corrected chi connectivity index (χ4v) is 2.32. The summed E-state index contributed by atoms with van der Waals surface area (Å²) in [5, 5.41) is 3.71. The summed E-state index contributed by atoms with van der Waals surface area (Å²) >= 11 is 9.44. The fraction of sp³-hybridized carbons (Fsp3) is 0.308. The molecule has 1 aromatic heterocycles. The first-order valence-corrected chi connectivity index (χ1v) is 7.69. The third-order valence-corrected chi connectivity index (χ3v) is 3.79. The zero-order valence-electron chi connectivity index (χ0n) is 11.8. The van der Waals surface area contributed by atoms with Crippen molar-refractivity contribution in [1.29, 1.82) is 0 Å². The van der Waals surface area contributed by atoms with Crippen LogP contribution in [0.15, 0.2) is 22.7 Å². The van der Waals surface area contributed by atoms with Crippen molar-refractivity contribution in [3.8, 4) is 0 Å². The molecule has 0 fully saturated rings. The number of rotatable bonds is 5. The van der Waals surface area contributed by atoms with Crippen LogP contribution >= 0.6 is 27.5 Å². The van der Waals surface area contributed by atoms with Gasteiger partial charge in [0, 0.05) is 22.6 Å². The molecule has 0 unspecified atom stereocenters. The second-order valence-corrected chi connectivity index (χ2v) is 5.53. The van der Waals surface area contributed by atoms with E-state index in [4.69, 9.17) is 17.3 Å². The molecule has 0 aliphatic carbocycles. The van der Waals surface area contributed by atoms with E-state index in [-0.39, 0.29) is 5.95 Å².